The van der Waals surface area contributed by atoms with Crippen LogP contribution in [0.15, 0.2) is 16.6 Å². The van der Waals surface area contributed by atoms with Crippen molar-refractivity contribution in [2.45, 2.75) is 77.4 Å². The maximum atomic E-state index is 12.8. The van der Waals surface area contributed by atoms with E-state index >= 15 is 0 Å². The fourth-order valence-corrected chi connectivity index (χ4v) is 7.41. The van der Waals surface area contributed by atoms with Gasteiger partial charge in [0.15, 0.2) is 11.0 Å². The topological polar surface area (TPSA) is 83.6 Å². The van der Waals surface area contributed by atoms with E-state index in [0.29, 0.717) is 22.4 Å². The number of carbonyl (C=O) groups is 1. The third-order valence-corrected chi connectivity index (χ3v) is 9.62. The first-order valence-corrected chi connectivity index (χ1v) is 14.5. The Labute approximate surface area is 213 Å². The number of nitrogens with zero attached hydrogens (tertiary/aromatic N) is 4. The molecule has 0 spiro atoms. The first kappa shape index (κ1) is 25.0. The van der Waals surface area contributed by atoms with Gasteiger partial charge in [0.1, 0.15) is 11.1 Å². The van der Waals surface area contributed by atoms with Crippen molar-refractivity contribution in [2.24, 2.45) is 5.92 Å². The van der Waals surface area contributed by atoms with E-state index in [1.165, 1.54) is 21.5 Å². The van der Waals surface area contributed by atoms with E-state index in [4.69, 9.17) is 0 Å². The van der Waals surface area contributed by atoms with Gasteiger partial charge in [-0.15, -0.1) is 32.9 Å². The van der Waals surface area contributed by atoms with Crippen LogP contribution in [0.1, 0.15) is 80.3 Å². The molecule has 0 fully saturated rings. The zero-order chi connectivity index (χ0) is 24.4. The third-order valence-electron chi connectivity index (χ3n) is 6.27. The molecule has 6 nitrogen and oxygen atoms in total. The van der Waals surface area contributed by atoms with Crippen molar-refractivity contribution < 1.29 is 4.79 Å². The Balaban J connectivity index is 1.47. The number of fused-ring (bicyclic) bond motifs is 1. The molecule has 0 aromatic carbocycles. The predicted molar refractivity (Wildman–Crippen MR) is 142 cm³/mol. The summed E-state index contributed by atoms with van der Waals surface area (Å²) in [6.07, 6.45) is 4.21. The third kappa shape index (κ3) is 5.09. The van der Waals surface area contributed by atoms with Gasteiger partial charge in [-0.25, -0.2) is 0 Å². The Kier molecular flexibility index (Phi) is 7.80. The van der Waals surface area contributed by atoms with Crippen LogP contribution in [0.5, 0.6) is 0 Å². The second kappa shape index (κ2) is 10.6. The first-order valence-electron chi connectivity index (χ1n) is 11.8. The number of hydrogen-bond donors (Lipinski definition) is 1. The fraction of sp³-hybridized carbons (Fsp3) is 0.520. The van der Waals surface area contributed by atoms with E-state index in [1.54, 1.807) is 22.7 Å². The van der Waals surface area contributed by atoms with Gasteiger partial charge in [0.2, 0.25) is 5.91 Å². The van der Waals surface area contributed by atoms with Gasteiger partial charge in [-0.2, -0.15) is 5.26 Å². The number of amides is 1. The highest BCUT2D eigenvalue weighted by molar-refractivity contribution is 7.99. The molecule has 1 atom stereocenters. The standard InChI is InChI=1S/C25H31N5OS3/c1-6-16-7-8-18-19(11-26)24(34-21(18)9-16)27-22(31)13-33-25-29-28-23(30(25)15(4)5)17-10-20(14(2)3)32-12-17/h10,12,14-16H,6-9,13H2,1-5H3,(H,27,31). The van der Waals surface area contributed by atoms with Crippen LogP contribution in [0.2, 0.25) is 0 Å². The summed E-state index contributed by atoms with van der Waals surface area (Å²) in [6, 6.07) is 4.68. The van der Waals surface area contributed by atoms with Crippen LogP contribution in [-0.2, 0) is 17.6 Å². The minimum Gasteiger partial charge on any atom is -0.316 e. The number of carbonyl (C=O) groups excluding carboxylic acids is 1. The summed E-state index contributed by atoms with van der Waals surface area (Å²) in [5.41, 5.74) is 2.86. The zero-order valence-electron chi connectivity index (χ0n) is 20.3. The smallest absolute Gasteiger partial charge is 0.235 e. The molecule has 0 saturated carbocycles. The highest BCUT2D eigenvalue weighted by Gasteiger charge is 2.26. The van der Waals surface area contributed by atoms with Crippen molar-refractivity contribution in [2.75, 3.05) is 11.1 Å². The van der Waals surface area contributed by atoms with E-state index in [9.17, 15) is 10.1 Å². The summed E-state index contributed by atoms with van der Waals surface area (Å²) in [4.78, 5) is 15.4. The Morgan fingerprint density at radius 2 is 2.15 bits per heavy atom. The second-order valence-corrected chi connectivity index (χ2v) is 12.3. The number of hydrogen-bond acceptors (Lipinski definition) is 7. The van der Waals surface area contributed by atoms with E-state index in [-0.39, 0.29) is 17.7 Å². The number of anilines is 1. The molecule has 4 rings (SSSR count). The summed E-state index contributed by atoms with van der Waals surface area (Å²) < 4.78 is 2.10. The van der Waals surface area contributed by atoms with Crippen molar-refractivity contribution in [3.05, 3.63) is 32.3 Å². The van der Waals surface area contributed by atoms with E-state index < -0.39 is 0 Å². The lowest BCUT2D eigenvalue weighted by Crippen LogP contribution is -2.15. The Morgan fingerprint density at radius 1 is 1.35 bits per heavy atom. The molecule has 9 heteroatoms. The van der Waals surface area contributed by atoms with Gasteiger partial charge in [-0.3, -0.25) is 9.36 Å². The van der Waals surface area contributed by atoms with Gasteiger partial charge in [-0.1, -0.05) is 39.0 Å². The highest BCUT2D eigenvalue weighted by atomic mass is 32.2. The molecule has 0 aliphatic heterocycles. The molecule has 1 amide bonds. The number of aromatic nitrogens is 3. The van der Waals surface area contributed by atoms with Crippen molar-refractivity contribution >= 4 is 45.3 Å². The molecule has 0 bridgehead atoms. The number of rotatable bonds is 8. The van der Waals surface area contributed by atoms with Crippen LogP contribution in [0, 0.1) is 17.2 Å². The molecule has 34 heavy (non-hydrogen) atoms. The molecule has 1 N–H and O–H groups in total. The van der Waals surface area contributed by atoms with Gasteiger partial charge in [-0.05, 0) is 56.6 Å². The first-order chi connectivity index (χ1) is 16.3. The van der Waals surface area contributed by atoms with Crippen LogP contribution in [0.25, 0.3) is 11.4 Å². The van der Waals surface area contributed by atoms with Crippen LogP contribution < -0.4 is 5.32 Å². The van der Waals surface area contributed by atoms with Crippen molar-refractivity contribution in [3.63, 3.8) is 0 Å². The van der Waals surface area contributed by atoms with Gasteiger partial charge >= 0.3 is 0 Å². The molecule has 3 heterocycles. The average molecular weight is 514 g/mol. The number of nitrogens with one attached hydrogen (secondary N) is 1. The lowest BCUT2D eigenvalue weighted by atomic mass is 9.86. The van der Waals surface area contributed by atoms with Gasteiger partial charge < -0.3 is 5.32 Å². The Hall–Kier alpha value is -2.15. The summed E-state index contributed by atoms with van der Waals surface area (Å²) in [6.45, 7) is 10.8. The van der Waals surface area contributed by atoms with Crippen molar-refractivity contribution in [1.29, 1.82) is 5.26 Å². The Bertz CT molecular complexity index is 1210. The molecule has 3 aromatic heterocycles. The highest BCUT2D eigenvalue weighted by Crippen LogP contribution is 2.40. The summed E-state index contributed by atoms with van der Waals surface area (Å²) >= 11 is 4.70. The molecule has 1 aliphatic rings. The molecule has 0 saturated heterocycles. The molecular weight excluding hydrogens is 483 g/mol. The number of nitriles is 1. The van der Waals surface area contributed by atoms with Gasteiger partial charge in [0.25, 0.3) is 0 Å². The maximum absolute atomic E-state index is 12.8. The van der Waals surface area contributed by atoms with E-state index in [0.717, 1.165) is 47.8 Å². The normalized spacial score (nSPS) is 15.5. The maximum Gasteiger partial charge on any atom is 0.235 e. The molecule has 1 aliphatic carbocycles. The lowest BCUT2D eigenvalue weighted by molar-refractivity contribution is -0.113. The van der Waals surface area contributed by atoms with Crippen LogP contribution in [-0.4, -0.2) is 26.4 Å². The largest absolute Gasteiger partial charge is 0.316 e. The van der Waals surface area contributed by atoms with Gasteiger partial charge in [0.05, 0.1) is 11.3 Å². The number of thiophene rings is 2. The van der Waals surface area contributed by atoms with Crippen molar-refractivity contribution in [3.8, 4) is 17.5 Å². The number of thioether (sulfide) groups is 1. The van der Waals surface area contributed by atoms with Gasteiger partial charge in [0, 0.05) is 26.7 Å². The summed E-state index contributed by atoms with van der Waals surface area (Å²) in [5, 5.41) is 25.1. The fourth-order valence-electron chi connectivity index (χ4n) is 4.31. The quantitative estimate of drug-likeness (QED) is 0.332. The lowest BCUT2D eigenvalue weighted by Gasteiger charge is -2.20. The summed E-state index contributed by atoms with van der Waals surface area (Å²) in [5.74, 6) is 2.08. The van der Waals surface area contributed by atoms with E-state index in [2.05, 4.69) is 72.2 Å². The molecular formula is C25H31N5OS3. The monoisotopic (exact) mass is 513 g/mol. The summed E-state index contributed by atoms with van der Waals surface area (Å²) in [7, 11) is 0. The Morgan fingerprint density at radius 3 is 2.79 bits per heavy atom. The minimum atomic E-state index is -0.121. The predicted octanol–water partition coefficient (Wildman–Crippen LogP) is 6.89. The molecule has 3 aromatic rings. The van der Waals surface area contributed by atoms with Crippen LogP contribution >= 0.6 is 34.4 Å². The molecule has 0 radical (unpaired) electrons. The van der Waals surface area contributed by atoms with Crippen LogP contribution in [0.4, 0.5) is 5.00 Å². The SMILES string of the molecule is CCC1CCc2c(sc(NC(=O)CSc3nnc(-c4csc(C(C)C)c4)n3C(C)C)c2C#N)C1. The zero-order valence-corrected chi connectivity index (χ0v) is 22.8. The molecule has 1 unspecified atom stereocenters. The van der Waals surface area contributed by atoms with Crippen LogP contribution in [0.3, 0.4) is 0 Å². The van der Waals surface area contributed by atoms with E-state index in [1.807, 2.05) is 0 Å². The average Bonchev–Trinajstić information content (AvgIpc) is 3.52. The second-order valence-electron chi connectivity index (χ2n) is 9.34. The van der Waals surface area contributed by atoms with Crippen molar-refractivity contribution in [1.82, 2.24) is 14.8 Å². The minimum absolute atomic E-state index is 0.121. The molecule has 180 valence electrons.